The smallest absolute Gasteiger partial charge is 0.315 e. The van der Waals surface area contributed by atoms with Crippen molar-refractivity contribution in [1.29, 1.82) is 0 Å². The molecule has 1 heterocycles. The Morgan fingerprint density at radius 3 is 2.80 bits per heavy atom. The van der Waals surface area contributed by atoms with Gasteiger partial charge in [0.1, 0.15) is 10.0 Å². The van der Waals surface area contributed by atoms with E-state index in [1.54, 1.807) is 6.92 Å². The maximum atomic E-state index is 11.5. The zero-order valence-corrected chi connectivity index (χ0v) is 11.9. The molecule has 0 fully saturated rings. The number of nitrogens with zero attached hydrogens (tertiary/aromatic N) is 2. The van der Waals surface area contributed by atoms with Gasteiger partial charge in [0.05, 0.1) is 19.2 Å². The van der Waals surface area contributed by atoms with Crippen molar-refractivity contribution in [3.05, 3.63) is 35.3 Å². The molecule has 1 aromatic carbocycles. The minimum atomic E-state index is -0.331. The van der Waals surface area contributed by atoms with Gasteiger partial charge in [-0.3, -0.25) is 0 Å². The molecule has 0 aliphatic rings. The standard InChI is InChI=1S/C13H16N4O2S/c1-9(8-18)15-13(19)14-7-11-16-17-12(20-11)10-5-3-2-4-6-10/h2-6,9,18H,7-8H2,1H3,(H2,14,15,19)/t9-/m0/s1. The van der Waals surface area contributed by atoms with E-state index < -0.39 is 0 Å². The maximum absolute atomic E-state index is 11.5. The predicted octanol–water partition coefficient (Wildman–Crippen LogP) is 1.39. The average molecular weight is 292 g/mol. The van der Waals surface area contributed by atoms with Crippen LogP contribution in [0.1, 0.15) is 11.9 Å². The Kier molecular flexibility index (Phi) is 5.03. The number of urea groups is 1. The molecule has 3 N–H and O–H groups in total. The maximum Gasteiger partial charge on any atom is 0.315 e. The second-order valence-corrected chi connectivity index (χ2v) is 5.34. The van der Waals surface area contributed by atoms with Gasteiger partial charge in [0.15, 0.2) is 0 Å². The van der Waals surface area contributed by atoms with E-state index in [1.807, 2.05) is 30.3 Å². The largest absolute Gasteiger partial charge is 0.394 e. The van der Waals surface area contributed by atoms with Crippen molar-refractivity contribution < 1.29 is 9.90 Å². The van der Waals surface area contributed by atoms with Crippen LogP contribution in [0.3, 0.4) is 0 Å². The highest BCUT2D eigenvalue weighted by atomic mass is 32.1. The quantitative estimate of drug-likeness (QED) is 0.777. The first kappa shape index (κ1) is 14.4. The number of amides is 2. The van der Waals surface area contributed by atoms with Crippen LogP contribution in [0.15, 0.2) is 30.3 Å². The Morgan fingerprint density at radius 1 is 1.35 bits per heavy atom. The first-order chi connectivity index (χ1) is 9.69. The Labute approximate surface area is 120 Å². The molecular weight excluding hydrogens is 276 g/mol. The van der Waals surface area contributed by atoms with Gasteiger partial charge in [-0.15, -0.1) is 10.2 Å². The molecule has 2 rings (SSSR count). The van der Waals surface area contributed by atoms with Gasteiger partial charge < -0.3 is 15.7 Å². The van der Waals surface area contributed by atoms with Crippen LogP contribution >= 0.6 is 11.3 Å². The van der Waals surface area contributed by atoms with E-state index in [1.165, 1.54) is 11.3 Å². The second kappa shape index (κ2) is 6.97. The molecular formula is C13H16N4O2S. The number of aliphatic hydroxyl groups excluding tert-OH is 1. The summed E-state index contributed by atoms with van der Waals surface area (Å²) in [5.74, 6) is 0. The third-order valence-corrected chi connectivity index (χ3v) is 3.51. The minimum absolute atomic E-state index is 0.0929. The molecule has 20 heavy (non-hydrogen) atoms. The van der Waals surface area contributed by atoms with Gasteiger partial charge in [-0.25, -0.2) is 4.79 Å². The predicted molar refractivity (Wildman–Crippen MR) is 77.3 cm³/mol. The van der Waals surface area contributed by atoms with Crippen LogP contribution in [0.5, 0.6) is 0 Å². The van der Waals surface area contributed by atoms with Crippen LogP contribution < -0.4 is 10.6 Å². The van der Waals surface area contributed by atoms with Crippen molar-refractivity contribution in [2.75, 3.05) is 6.61 Å². The summed E-state index contributed by atoms with van der Waals surface area (Å²) in [4.78, 5) is 11.5. The summed E-state index contributed by atoms with van der Waals surface area (Å²) in [5, 5.41) is 23.8. The van der Waals surface area contributed by atoms with E-state index in [0.717, 1.165) is 15.6 Å². The first-order valence-electron chi connectivity index (χ1n) is 6.22. The molecule has 2 aromatic rings. The molecule has 0 aliphatic heterocycles. The summed E-state index contributed by atoms with van der Waals surface area (Å²) in [7, 11) is 0. The van der Waals surface area contributed by atoms with Gasteiger partial charge in [0, 0.05) is 5.56 Å². The molecule has 0 saturated carbocycles. The number of carbonyl (C=O) groups excluding carboxylic acids is 1. The van der Waals surface area contributed by atoms with Crippen LogP contribution in [0.2, 0.25) is 0 Å². The van der Waals surface area contributed by atoms with E-state index >= 15 is 0 Å². The van der Waals surface area contributed by atoms with Gasteiger partial charge in [0.2, 0.25) is 0 Å². The van der Waals surface area contributed by atoms with Crippen molar-refractivity contribution in [3.63, 3.8) is 0 Å². The number of rotatable bonds is 5. The van der Waals surface area contributed by atoms with E-state index in [2.05, 4.69) is 20.8 Å². The summed E-state index contributed by atoms with van der Waals surface area (Å²) < 4.78 is 0. The molecule has 0 aliphatic carbocycles. The fraction of sp³-hybridized carbons (Fsp3) is 0.308. The van der Waals surface area contributed by atoms with E-state index in [9.17, 15) is 4.79 Å². The van der Waals surface area contributed by atoms with Crippen molar-refractivity contribution >= 4 is 17.4 Å². The Balaban J connectivity index is 1.89. The van der Waals surface area contributed by atoms with Crippen LogP contribution in [0, 0.1) is 0 Å². The Bertz CT molecular complexity index is 559. The lowest BCUT2D eigenvalue weighted by Crippen LogP contribution is -2.41. The number of hydrogen-bond donors (Lipinski definition) is 3. The van der Waals surface area contributed by atoms with E-state index in [0.29, 0.717) is 6.54 Å². The van der Waals surface area contributed by atoms with Gasteiger partial charge in [0.25, 0.3) is 0 Å². The first-order valence-corrected chi connectivity index (χ1v) is 7.03. The van der Waals surface area contributed by atoms with Crippen molar-refractivity contribution in [2.45, 2.75) is 19.5 Å². The second-order valence-electron chi connectivity index (χ2n) is 4.28. The summed E-state index contributed by atoms with van der Waals surface area (Å²) in [6, 6.07) is 9.16. The zero-order valence-electron chi connectivity index (χ0n) is 11.0. The van der Waals surface area contributed by atoms with E-state index in [-0.39, 0.29) is 18.7 Å². The highest BCUT2D eigenvalue weighted by Crippen LogP contribution is 2.22. The molecule has 0 bridgehead atoms. The Hall–Kier alpha value is -1.99. The third-order valence-electron chi connectivity index (χ3n) is 2.54. The minimum Gasteiger partial charge on any atom is -0.394 e. The SMILES string of the molecule is C[C@@H](CO)NC(=O)NCc1nnc(-c2ccccc2)s1. The number of aromatic nitrogens is 2. The lowest BCUT2D eigenvalue weighted by Gasteiger charge is -2.10. The highest BCUT2D eigenvalue weighted by molar-refractivity contribution is 7.14. The van der Waals surface area contributed by atoms with Crippen LogP contribution in [0.4, 0.5) is 4.79 Å². The van der Waals surface area contributed by atoms with E-state index in [4.69, 9.17) is 5.11 Å². The van der Waals surface area contributed by atoms with Gasteiger partial charge in [-0.1, -0.05) is 41.7 Å². The summed E-state index contributed by atoms with van der Waals surface area (Å²) >= 11 is 1.44. The van der Waals surface area contributed by atoms with Crippen LogP contribution in [-0.2, 0) is 6.54 Å². The molecule has 0 unspecified atom stereocenters. The van der Waals surface area contributed by atoms with Gasteiger partial charge in [-0.05, 0) is 6.92 Å². The summed E-state index contributed by atoms with van der Waals surface area (Å²) in [5.41, 5.74) is 1.01. The fourth-order valence-corrected chi connectivity index (χ4v) is 2.28. The lowest BCUT2D eigenvalue weighted by molar-refractivity contribution is 0.220. The monoisotopic (exact) mass is 292 g/mol. The molecule has 2 amide bonds. The van der Waals surface area contributed by atoms with Crippen molar-refractivity contribution in [3.8, 4) is 10.6 Å². The van der Waals surface area contributed by atoms with Crippen LogP contribution in [-0.4, -0.2) is 34.0 Å². The summed E-state index contributed by atoms with van der Waals surface area (Å²) in [6.07, 6.45) is 0. The molecule has 1 aromatic heterocycles. The van der Waals surface area contributed by atoms with Crippen LogP contribution in [0.25, 0.3) is 10.6 Å². The molecule has 0 spiro atoms. The molecule has 6 nitrogen and oxygen atoms in total. The zero-order chi connectivity index (χ0) is 14.4. The summed E-state index contributed by atoms with van der Waals surface area (Å²) in [6.45, 7) is 1.94. The number of nitrogens with one attached hydrogen (secondary N) is 2. The molecule has 1 atom stereocenters. The van der Waals surface area contributed by atoms with Gasteiger partial charge >= 0.3 is 6.03 Å². The topological polar surface area (TPSA) is 87.1 Å². The number of hydrogen-bond acceptors (Lipinski definition) is 5. The average Bonchev–Trinajstić information content (AvgIpc) is 2.95. The number of aliphatic hydroxyl groups is 1. The van der Waals surface area contributed by atoms with Crippen molar-refractivity contribution in [2.24, 2.45) is 0 Å². The third kappa shape index (κ3) is 4.01. The molecule has 7 heteroatoms. The Morgan fingerprint density at radius 2 is 2.10 bits per heavy atom. The molecule has 0 saturated heterocycles. The number of benzene rings is 1. The lowest BCUT2D eigenvalue weighted by atomic mass is 10.2. The van der Waals surface area contributed by atoms with Gasteiger partial charge in [-0.2, -0.15) is 0 Å². The fourth-order valence-electron chi connectivity index (χ4n) is 1.50. The highest BCUT2D eigenvalue weighted by Gasteiger charge is 2.09. The molecule has 106 valence electrons. The normalized spacial score (nSPS) is 11.9. The number of carbonyl (C=O) groups is 1. The van der Waals surface area contributed by atoms with Crippen molar-refractivity contribution in [1.82, 2.24) is 20.8 Å². The molecule has 0 radical (unpaired) electrons.